The monoisotopic (exact) mass is 360 g/mol. The van der Waals surface area contributed by atoms with E-state index in [2.05, 4.69) is 15.0 Å². The van der Waals surface area contributed by atoms with Gasteiger partial charge in [0.2, 0.25) is 0 Å². The van der Waals surface area contributed by atoms with Gasteiger partial charge in [0.15, 0.2) is 0 Å². The first kappa shape index (κ1) is 13.0. The molecule has 2 aromatic rings. The van der Waals surface area contributed by atoms with Crippen molar-refractivity contribution >= 4 is 45.2 Å². The molecular formula is C12H10FIN2O2. The molecule has 0 aliphatic carbocycles. The minimum absolute atomic E-state index is 0.286. The Morgan fingerprint density at radius 3 is 2.83 bits per heavy atom. The summed E-state index contributed by atoms with van der Waals surface area (Å²) in [6.45, 7) is 0. The Balaban J connectivity index is 2.82. The number of aromatic nitrogens is 1. The Morgan fingerprint density at radius 1 is 1.50 bits per heavy atom. The van der Waals surface area contributed by atoms with Crippen LogP contribution in [0.2, 0.25) is 0 Å². The number of rotatable bonds is 2. The van der Waals surface area contributed by atoms with E-state index in [1.807, 2.05) is 22.6 Å². The van der Waals surface area contributed by atoms with Gasteiger partial charge in [-0.25, -0.2) is 9.18 Å². The average Bonchev–Trinajstić information content (AvgIpc) is 2.36. The fourth-order valence-corrected chi connectivity index (χ4v) is 2.49. The summed E-state index contributed by atoms with van der Waals surface area (Å²) in [5.74, 6) is -0.875. The molecule has 0 saturated carbocycles. The Morgan fingerprint density at radius 2 is 2.22 bits per heavy atom. The van der Waals surface area contributed by atoms with Crippen molar-refractivity contribution in [3.05, 3.63) is 33.3 Å². The summed E-state index contributed by atoms with van der Waals surface area (Å²) in [5, 5.41) is 3.46. The molecule has 4 nitrogen and oxygen atoms in total. The lowest BCUT2D eigenvalue weighted by molar-refractivity contribution is 0.0601. The van der Waals surface area contributed by atoms with E-state index in [-0.39, 0.29) is 11.4 Å². The van der Waals surface area contributed by atoms with Crippen molar-refractivity contribution in [1.29, 1.82) is 0 Å². The number of esters is 1. The number of benzene rings is 1. The molecule has 0 fully saturated rings. The highest BCUT2D eigenvalue weighted by atomic mass is 127. The van der Waals surface area contributed by atoms with E-state index in [9.17, 15) is 9.18 Å². The molecule has 0 aliphatic rings. The van der Waals surface area contributed by atoms with E-state index >= 15 is 0 Å². The van der Waals surface area contributed by atoms with E-state index in [4.69, 9.17) is 0 Å². The Kier molecular flexibility index (Phi) is 3.65. The SMILES string of the molecule is CNc1c(C(=O)OC)cnc2c(I)cc(F)cc12. The fraction of sp³-hybridized carbons (Fsp3) is 0.167. The molecule has 1 aromatic heterocycles. The number of hydrogen-bond acceptors (Lipinski definition) is 4. The molecule has 0 atom stereocenters. The lowest BCUT2D eigenvalue weighted by Crippen LogP contribution is -2.07. The molecule has 18 heavy (non-hydrogen) atoms. The Bertz CT molecular complexity index is 631. The van der Waals surface area contributed by atoms with Crippen LogP contribution in [0, 0.1) is 9.39 Å². The topological polar surface area (TPSA) is 51.2 Å². The van der Waals surface area contributed by atoms with Crippen molar-refractivity contribution in [2.75, 3.05) is 19.5 Å². The molecule has 0 aliphatic heterocycles. The van der Waals surface area contributed by atoms with E-state index in [0.717, 1.165) is 0 Å². The molecule has 1 heterocycles. The van der Waals surface area contributed by atoms with Crippen LogP contribution in [-0.2, 0) is 4.74 Å². The largest absolute Gasteiger partial charge is 0.465 e. The first-order valence-corrected chi connectivity index (χ1v) is 6.20. The maximum Gasteiger partial charge on any atom is 0.341 e. The highest BCUT2D eigenvalue weighted by molar-refractivity contribution is 14.1. The van der Waals surface area contributed by atoms with Gasteiger partial charge in [0, 0.05) is 22.2 Å². The summed E-state index contributed by atoms with van der Waals surface area (Å²) in [6, 6.07) is 2.75. The second kappa shape index (κ2) is 5.05. The number of halogens is 2. The van der Waals surface area contributed by atoms with Crippen molar-refractivity contribution in [3.8, 4) is 0 Å². The molecule has 1 N–H and O–H groups in total. The molecule has 0 unspecified atom stereocenters. The fourth-order valence-electron chi connectivity index (χ4n) is 1.76. The van der Waals surface area contributed by atoms with Crippen LogP contribution >= 0.6 is 22.6 Å². The lowest BCUT2D eigenvalue weighted by atomic mass is 10.1. The first-order valence-electron chi connectivity index (χ1n) is 5.12. The standard InChI is InChI=1S/C12H10FIN2O2/c1-15-10-7-3-6(13)4-9(14)11(7)16-5-8(10)12(17)18-2/h3-5H,1-2H3,(H,15,16). The number of ether oxygens (including phenoxy) is 1. The van der Waals surface area contributed by atoms with Crippen LogP contribution < -0.4 is 5.32 Å². The molecule has 0 radical (unpaired) electrons. The lowest BCUT2D eigenvalue weighted by Gasteiger charge is -2.11. The van der Waals surface area contributed by atoms with E-state index in [0.29, 0.717) is 20.2 Å². The second-order valence-electron chi connectivity index (χ2n) is 3.57. The van der Waals surface area contributed by atoms with E-state index in [1.54, 1.807) is 7.05 Å². The van der Waals surface area contributed by atoms with Gasteiger partial charge < -0.3 is 10.1 Å². The third-order valence-corrected chi connectivity index (χ3v) is 3.37. The number of nitrogens with zero attached hydrogens (tertiary/aromatic N) is 1. The Hall–Kier alpha value is -1.44. The molecule has 2 rings (SSSR count). The minimum Gasteiger partial charge on any atom is -0.465 e. The van der Waals surface area contributed by atoms with Crippen molar-refractivity contribution in [2.24, 2.45) is 0 Å². The average molecular weight is 360 g/mol. The smallest absolute Gasteiger partial charge is 0.341 e. The summed E-state index contributed by atoms with van der Waals surface area (Å²) in [5.41, 5.74) is 1.45. The minimum atomic E-state index is -0.506. The van der Waals surface area contributed by atoms with Crippen LogP contribution in [0.4, 0.5) is 10.1 Å². The summed E-state index contributed by atoms with van der Waals surface area (Å²) >= 11 is 2.01. The molecule has 1 aromatic carbocycles. The van der Waals surface area contributed by atoms with Gasteiger partial charge in [-0.2, -0.15) is 0 Å². The summed E-state index contributed by atoms with van der Waals surface area (Å²) < 4.78 is 18.8. The molecule has 0 saturated heterocycles. The van der Waals surface area contributed by atoms with Crippen LogP contribution in [0.1, 0.15) is 10.4 Å². The predicted octanol–water partition coefficient (Wildman–Crippen LogP) is 2.81. The van der Waals surface area contributed by atoms with Gasteiger partial charge in [0.1, 0.15) is 11.4 Å². The number of carbonyl (C=O) groups excluding carboxylic acids is 1. The van der Waals surface area contributed by atoms with Crippen molar-refractivity contribution in [1.82, 2.24) is 4.98 Å². The predicted molar refractivity (Wildman–Crippen MR) is 75.3 cm³/mol. The summed E-state index contributed by atoms with van der Waals surface area (Å²) in [7, 11) is 2.96. The number of methoxy groups -OCH3 is 1. The van der Waals surface area contributed by atoms with Crippen LogP contribution in [0.25, 0.3) is 10.9 Å². The van der Waals surface area contributed by atoms with Gasteiger partial charge in [-0.15, -0.1) is 0 Å². The third kappa shape index (κ3) is 2.12. The zero-order valence-electron chi connectivity index (χ0n) is 9.75. The maximum atomic E-state index is 13.5. The molecule has 94 valence electrons. The first-order chi connectivity index (χ1) is 8.58. The van der Waals surface area contributed by atoms with Crippen LogP contribution in [-0.4, -0.2) is 25.1 Å². The molecule has 6 heteroatoms. The van der Waals surface area contributed by atoms with Crippen LogP contribution in [0.3, 0.4) is 0 Å². The van der Waals surface area contributed by atoms with E-state index in [1.165, 1.54) is 25.4 Å². The van der Waals surface area contributed by atoms with Gasteiger partial charge in [0.05, 0.1) is 18.3 Å². The van der Waals surface area contributed by atoms with Crippen LogP contribution in [0.5, 0.6) is 0 Å². The number of fused-ring (bicyclic) bond motifs is 1. The molecular weight excluding hydrogens is 350 g/mol. The van der Waals surface area contributed by atoms with Gasteiger partial charge in [-0.3, -0.25) is 4.98 Å². The molecule has 0 amide bonds. The maximum absolute atomic E-state index is 13.5. The Labute approximate surface area is 117 Å². The number of hydrogen-bond donors (Lipinski definition) is 1. The van der Waals surface area contributed by atoms with Crippen molar-refractivity contribution in [3.63, 3.8) is 0 Å². The van der Waals surface area contributed by atoms with Gasteiger partial charge in [-0.05, 0) is 34.7 Å². The number of carbonyl (C=O) groups is 1. The summed E-state index contributed by atoms with van der Waals surface area (Å²) in [4.78, 5) is 15.8. The normalized spacial score (nSPS) is 10.4. The van der Waals surface area contributed by atoms with Gasteiger partial charge in [-0.1, -0.05) is 0 Å². The van der Waals surface area contributed by atoms with Gasteiger partial charge >= 0.3 is 5.97 Å². The third-order valence-electron chi connectivity index (χ3n) is 2.54. The molecule has 0 bridgehead atoms. The zero-order chi connectivity index (χ0) is 13.3. The number of anilines is 1. The molecule has 0 spiro atoms. The highest BCUT2D eigenvalue weighted by Crippen LogP contribution is 2.29. The van der Waals surface area contributed by atoms with Crippen LogP contribution in [0.15, 0.2) is 18.3 Å². The second-order valence-corrected chi connectivity index (χ2v) is 4.73. The van der Waals surface area contributed by atoms with Gasteiger partial charge in [0.25, 0.3) is 0 Å². The quantitative estimate of drug-likeness (QED) is 0.661. The van der Waals surface area contributed by atoms with E-state index < -0.39 is 5.97 Å². The number of pyridine rings is 1. The highest BCUT2D eigenvalue weighted by Gasteiger charge is 2.16. The summed E-state index contributed by atoms with van der Waals surface area (Å²) in [6.07, 6.45) is 1.43. The van der Waals surface area contributed by atoms with Crippen molar-refractivity contribution in [2.45, 2.75) is 0 Å². The van der Waals surface area contributed by atoms with Crippen molar-refractivity contribution < 1.29 is 13.9 Å². The zero-order valence-corrected chi connectivity index (χ0v) is 11.9. The number of nitrogens with one attached hydrogen (secondary N) is 1.